The van der Waals surface area contributed by atoms with E-state index in [2.05, 4.69) is 12.2 Å². The van der Waals surface area contributed by atoms with Gasteiger partial charge >= 0.3 is 5.97 Å². The minimum Gasteiger partial charge on any atom is -0.493 e. The lowest BCUT2D eigenvalue weighted by molar-refractivity contribution is -0.140. The highest BCUT2D eigenvalue weighted by molar-refractivity contribution is 7.99. The molecule has 1 N–H and O–H groups in total. The van der Waals surface area contributed by atoms with Crippen molar-refractivity contribution in [3.8, 4) is 11.5 Å². The van der Waals surface area contributed by atoms with E-state index in [1.54, 1.807) is 23.6 Å². The van der Waals surface area contributed by atoms with Gasteiger partial charge in [-0.15, -0.1) is 5.10 Å². The summed E-state index contributed by atoms with van der Waals surface area (Å²) in [5.41, 5.74) is 2.88. The Morgan fingerprint density at radius 3 is 2.65 bits per heavy atom. The number of hydrogen-bond donors (Lipinski definition) is 1. The number of hydrogen-bond acceptors (Lipinski definition) is 8. The van der Waals surface area contributed by atoms with E-state index in [9.17, 15) is 4.79 Å². The second-order valence-corrected chi connectivity index (χ2v) is 10.1. The fourth-order valence-electron chi connectivity index (χ4n) is 4.08. The van der Waals surface area contributed by atoms with Gasteiger partial charge < -0.3 is 19.5 Å². The molecule has 37 heavy (non-hydrogen) atoms. The van der Waals surface area contributed by atoms with Gasteiger partial charge in [0, 0.05) is 11.4 Å². The average molecular weight is 523 g/mol. The number of ether oxygens (including phenoxy) is 3. The number of methoxy groups -OCH3 is 1. The van der Waals surface area contributed by atoms with Crippen molar-refractivity contribution in [3.63, 3.8) is 0 Å². The normalized spacial score (nSPS) is 14.8. The highest BCUT2D eigenvalue weighted by Gasteiger charge is 2.36. The van der Waals surface area contributed by atoms with Crippen molar-refractivity contribution in [2.75, 3.05) is 18.2 Å². The number of aromatic nitrogens is 3. The molecule has 1 unspecified atom stereocenters. The molecule has 1 aliphatic heterocycles. The average Bonchev–Trinajstić information content (AvgIpc) is 3.29. The van der Waals surface area contributed by atoms with Gasteiger partial charge in [0.1, 0.15) is 12.6 Å². The number of unbranched alkanes of at least 4 members (excludes halogenated alkanes) is 1. The predicted molar refractivity (Wildman–Crippen MR) is 145 cm³/mol. The van der Waals surface area contributed by atoms with Crippen molar-refractivity contribution in [2.45, 2.75) is 64.4 Å². The molecule has 0 saturated carbocycles. The Balaban J connectivity index is 1.72. The fourth-order valence-corrected chi connectivity index (χ4v) is 4.99. The van der Waals surface area contributed by atoms with Crippen LogP contribution in [0.4, 0.5) is 5.95 Å². The summed E-state index contributed by atoms with van der Waals surface area (Å²) in [6.07, 6.45) is 2.17. The molecular weight excluding hydrogens is 488 g/mol. The molecule has 4 rings (SSSR count). The molecule has 0 fully saturated rings. The number of benzene rings is 2. The Morgan fingerprint density at radius 1 is 1.16 bits per heavy atom. The lowest BCUT2D eigenvalue weighted by Gasteiger charge is -2.28. The Bertz CT molecular complexity index is 1260. The molecule has 3 aromatic rings. The maximum Gasteiger partial charge on any atom is 0.338 e. The zero-order valence-corrected chi connectivity index (χ0v) is 22.8. The first kappa shape index (κ1) is 26.6. The predicted octanol–water partition coefficient (Wildman–Crippen LogP) is 6.00. The van der Waals surface area contributed by atoms with Gasteiger partial charge in [0.2, 0.25) is 11.1 Å². The van der Waals surface area contributed by atoms with Crippen LogP contribution in [0.15, 0.2) is 65.0 Å². The first-order chi connectivity index (χ1) is 17.9. The van der Waals surface area contributed by atoms with E-state index in [0.717, 1.165) is 29.7 Å². The van der Waals surface area contributed by atoms with Crippen LogP contribution in [-0.2, 0) is 16.1 Å². The van der Waals surface area contributed by atoms with Crippen LogP contribution in [-0.4, -0.2) is 39.7 Å². The second kappa shape index (κ2) is 12.2. The number of rotatable bonds is 11. The number of anilines is 1. The number of nitrogens with zero attached hydrogens (tertiary/aromatic N) is 3. The monoisotopic (exact) mass is 522 g/mol. The summed E-state index contributed by atoms with van der Waals surface area (Å²) in [7, 11) is 1.61. The Hall–Kier alpha value is -3.46. The summed E-state index contributed by atoms with van der Waals surface area (Å²) in [6.45, 7) is 8.13. The van der Waals surface area contributed by atoms with Crippen LogP contribution >= 0.6 is 11.8 Å². The quantitative estimate of drug-likeness (QED) is 0.186. The van der Waals surface area contributed by atoms with E-state index in [0.29, 0.717) is 33.9 Å². The van der Waals surface area contributed by atoms with Gasteiger partial charge in [-0.2, -0.15) is 4.98 Å². The number of fused-ring (bicyclic) bond motifs is 1. The van der Waals surface area contributed by atoms with E-state index < -0.39 is 12.0 Å². The number of allylic oxidation sites excluding steroid dienone is 1. The highest BCUT2D eigenvalue weighted by atomic mass is 32.2. The maximum absolute atomic E-state index is 13.5. The number of nitrogens with one attached hydrogen (secondary N) is 1. The van der Waals surface area contributed by atoms with E-state index >= 15 is 0 Å². The summed E-state index contributed by atoms with van der Waals surface area (Å²) >= 11 is 1.61. The van der Waals surface area contributed by atoms with Crippen LogP contribution in [0, 0.1) is 0 Å². The first-order valence-corrected chi connectivity index (χ1v) is 13.5. The first-order valence-electron chi connectivity index (χ1n) is 12.5. The van der Waals surface area contributed by atoms with Gasteiger partial charge in [0.05, 0.1) is 18.8 Å². The van der Waals surface area contributed by atoms with E-state index in [1.807, 2.05) is 69.3 Å². The Kier molecular flexibility index (Phi) is 8.76. The molecular formula is C28H34N4O4S. The van der Waals surface area contributed by atoms with Crippen LogP contribution in [0.25, 0.3) is 0 Å². The molecule has 0 spiro atoms. The molecule has 0 saturated heterocycles. The lowest BCUT2D eigenvalue weighted by Crippen LogP contribution is -2.29. The van der Waals surface area contributed by atoms with Crippen LogP contribution in [0.5, 0.6) is 11.5 Å². The smallest absolute Gasteiger partial charge is 0.338 e. The fraction of sp³-hybridized carbons (Fsp3) is 0.393. The van der Waals surface area contributed by atoms with Gasteiger partial charge in [-0.3, -0.25) is 0 Å². The van der Waals surface area contributed by atoms with Crippen LogP contribution < -0.4 is 14.8 Å². The Labute approximate surface area is 222 Å². The number of esters is 1. The van der Waals surface area contributed by atoms with Gasteiger partial charge in [-0.05, 0) is 50.5 Å². The minimum absolute atomic E-state index is 0.00563. The van der Waals surface area contributed by atoms with E-state index in [-0.39, 0.29) is 12.7 Å². The van der Waals surface area contributed by atoms with Crippen molar-refractivity contribution in [1.29, 1.82) is 0 Å². The molecule has 9 heteroatoms. The molecule has 196 valence electrons. The molecule has 1 aliphatic rings. The third-order valence-electron chi connectivity index (χ3n) is 5.86. The van der Waals surface area contributed by atoms with Gasteiger partial charge in [-0.25, -0.2) is 9.48 Å². The maximum atomic E-state index is 13.5. The zero-order chi connectivity index (χ0) is 26.4. The summed E-state index contributed by atoms with van der Waals surface area (Å²) in [6, 6.07) is 14.8. The van der Waals surface area contributed by atoms with E-state index in [4.69, 9.17) is 24.3 Å². The third-order valence-corrected chi connectivity index (χ3v) is 6.78. The molecule has 0 amide bonds. The molecule has 0 radical (unpaired) electrons. The lowest BCUT2D eigenvalue weighted by atomic mass is 9.95. The molecule has 2 heterocycles. The molecule has 1 atom stereocenters. The van der Waals surface area contributed by atoms with Crippen molar-refractivity contribution in [1.82, 2.24) is 14.8 Å². The van der Waals surface area contributed by atoms with Crippen molar-refractivity contribution in [3.05, 3.63) is 70.9 Å². The van der Waals surface area contributed by atoms with Crippen LogP contribution in [0.2, 0.25) is 0 Å². The Morgan fingerprint density at radius 2 is 1.95 bits per heavy atom. The van der Waals surface area contributed by atoms with Crippen molar-refractivity contribution in [2.24, 2.45) is 0 Å². The number of carbonyl (C=O) groups is 1. The standard InChI is InChI=1S/C28H34N4O4S/c1-6-7-15-37-28-30-27-29-19(4)24(26(33)35-17-20-11-9-8-10-12-20)25(32(27)31-28)21-13-14-22(36-18(2)3)23(16-21)34-5/h8-14,16,18,25H,6-7,15,17H2,1-5H3,(H,29,30,31). The largest absolute Gasteiger partial charge is 0.493 e. The molecule has 0 bridgehead atoms. The second-order valence-electron chi connectivity index (χ2n) is 9.07. The van der Waals surface area contributed by atoms with Crippen LogP contribution in [0.3, 0.4) is 0 Å². The van der Waals surface area contributed by atoms with Crippen molar-refractivity contribution < 1.29 is 19.0 Å². The highest BCUT2D eigenvalue weighted by Crippen LogP contribution is 2.40. The van der Waals surface area contributed by atoms with Crippen molar-refractivity contribution >= 4 is 23.7 Å². The van der Waals surface area contributed by atoms with Gasteiger partial charge in [-0.1, -0.05) is 61.5 Å². The summed E-state index contributed by atoms with van der Waals surface area (Å²) < 4.78 is 19.1. The SMILES string of the molecule is CCCCSc1nc2n(n1)C(c1ccc(OC(C)C)c(OC)c1)C(C(=O)OCc1ccccc1)=C(C)N2. The summed E-state index contributed by atoms with van der Waals surface area (Å²) in [5, 5.41) is 8.71. The molecule has 1 aromatic heterocycles. The number of thioether (sulfide) groups is 1. The van der Waals surface area contributed by atoms with Gasteiger partial charge in [0.15, 0.2) is 11.5 Å². The molecule has 0 aliphatic carbocycles. The topological polar surface area (TPSA) is 87.5 Å². The number of carbonyl (C=O) groups excluding carboxylic acids is 1. The molecule has 8 nitrogen and oxygen atoms in total. The third kappa shape index (κ3) is 6.28. The summed E-state index contributed by atoms with van der Waals surface area (Å²) in [5.74, 6) is 2.32. The van der Waals surface area contributed by atoms with Gasteiger partial charge in [0.25, 0.3) is 0 Å². The zero-order valence-electron chi connectivity index (χ0n) is 22.0. The minimum atomic E-state index is -0.547. The van der Waals surface area contributed by atoms with Crippen LogP contribution in [0.1, 0.15) is 57.7 Å². The summed E-state index contributed by atoms with van der Waals surface area (Å²) in [4.78, 5) is 18.2. The van der Waals surface area contributed by atoms with E-state index in [1.165, 1.54) is 0 Å². The molecule has 2 aromatic carbocycles.